The van der Waals surface area contributed by atoms with Gasteiger partial charge in [0.15, 0.2) is 0 Å². The van der Waals surface area contributed by atoms with Gasteiger partial charge in [-0.3, -0.25) is 4.79 Å². The number of nitrogen functional groups attached to an aromatic ring is 1. The normalized spacial score (nSPS) is 19.9. The van der Waals surface area contributed by atoms with Crippen molar-refractivity contribution < 1.29 is 9.53 Å². The number of pyridine rings is 1. The topological polar surface area (TPSA) is 104 Å². The molecule has 0 bridgehead atoms. The molecule has 5 heterocycles. The van der Waals surface area contributed by atoms with Crippen molar-refractivity contribution in [3.63, 3.8) is 0 Å². The van der Waals surface area contributed by atoms with Crippen LogP contribution in [0.5, 0.6) is 6.01 Å². The highest BCUT2D eigenvalue weighted by Crippen LogP contribution is 2.32. The number of hydrogen-bond acceptors (Lipinski definition) is 9. The fourth-order valence-electron chi connectivity index (χ4n) is 6.17. The van der Waals surface area contributed by atoms with E-state index < -0.39 is 0 Å². The second-order valence-corrected chi connectivity index (χ2v) is 10.9. The molecule has 3 aliphatic heterocycles. The van der Waals surface area contributed by atoms with Gasteiger partial charge >= 0.3 is 6.01 Å². The average molecular weight is 543 g/mol. The number of likely N-dealkylation sites (N-methyl/N-ethyl adjacent to an activating group) is 1. The molecule has 2 fully saturated rings. The summed E-state index contributed by atoms with van der Waals surface area (Å²) in [6, 6.07) is 11.0. The van der Waals surface area contributed by atoms with Crippen molar-refractivity contribution >= 4 is 34.1 Å². The molecule has 0 saturated carbocycles. The van der Waals surface area contributed by atoms with Crippen molar-refractivity contribution in [1.29, 1.82) is 0 Å². The Morgan fingerprint density at radius 3 is 2.58 bits per heavy atom. The Balaban J connectivity index is 1.29. The molecule has 1 unspecified atom stereocenters. The van der Waals surface area contributed by atoms with Crippen molar-refractivity contribution in [1.82, 2.24) is 24.8 Å². The minimum atomic E-state index is -0.0247. The molecular formula is C30H38N8O2. The minimum absolute atomic E-state index is 0.0247. The third kappa shape index (κ3) is 5.28. The van der Waals surface area contributed by atoms with Crippen LogP contribution in [-0.2, 0) is 17.6 Å². The summed E-state index contributed by atoms with van der Waals surface area (Å²) in [6.45, 7) is 9.57. The molecule has 10 nitrogen and oxygen atoms in total. The van der Waals surface area contributed by atoms with Gasteiger partial charge in [-0.1, -0.05) is 30.8 Å². The molecule has 3 aromatic rings. The summed E-state index contributed by atoms with van der Waals surface area (Å²) < 4.78 is 6.25. The number of benzene rings is 1. The number of hydrogen-bond donors (Lipinski definition) is 1. The van der Waals surface area contributed by atoms with Gasteiger partial charge < -0.3 is 30.1 Å². The molecular weight excluding hydrogens is 504 g/mol. The van der Waals surface area contributed by atoms with Gasteiger partial charge in [-0.15, -0.1) is 0 Å². The van der Waals surface area contributed by atoms with Crippen molar-refractivity contribution in [2.45, 2.75) is 31.7 Å². The van der Waals surface area contributed by atoms with Gasteiger partial charge in [0, 0.05) is 62.7 Å². The number of aromatic nitrogens is 3. The number of rotatable bonds is 6. The molecule has 0 radical (unpaired) electrons. The molecule has 0 aliphatic carbocycles. The van der Waals surface area contributed by atoms with Gasteiger partial charge in [0.2, 0.25) is 5.91 Å². The maximum atomic E-state index is 12.2. The van der Waals surface area contributed by atoms with Crippen molar-refractivity contribution in [2.75, 3.05) is 75.0 Å². The van der Waals surface area contributed by atoms with Crippen LogP contribution in [0.1, 0.15) is 24.1 Å². The van der Waals surface area contributed by atoms with Crippen LogP contribution in [-0.4, -0.2) is 96.2 Å². The highest BCUT2D eigenvalue weighted by atomic mass is 16.5. The van der Waals surface area contributed by atoms with Gasteiger partial charge in [0.05, 0.1) is 5.69 Å². The number of carbonyl (C=O) groups is 1. The Morgan fingerprint density at radius 2 is 1.80 bits per heavy atom. The Bertz CT molecular complexity index is 1400. The van der Waals surface area contributed by atoms with E-state index in [4.69, 9.17) is 25.4 Å². The van der Waals surface area contributed by atoms with E-state index in [0.29, 0.717) is 50.7 Å². The molecule has 2 aromatic heterocycles. The number of nitrogens with zero attached hydrogens (tertiary/aromatic N) is 7. The highest BCUT2D eigenvalue weighted by molar-refractivity contribution is 5.94. The molecule has 0 spiro atoms. The van der Waals surface area contributed by atoms with Crippen LogP contribution in [0.4, 0.5) is 17.5 Å². The number of nitrogens with two attached hydrogens (primary N) is 1. The maximum Gasteiger partial charge on any atom is 0.318 e. The van der Waals surface area contributed by atoms with Gasteiger partial charge in [0.1, 0.15) is 24.1 Å². The van der Waals surface area contributed by atoms with Crippen LogP contribution in [0, 0.1) is 0 Å². The standard InChI is InChI=1S/C30H38N8O2/c1-3-27(39)36-15-17-38(18-16-36)29-24-10-13-37(28-23-9-5-4-7-21(23)19-26(31)33-28)14-11-25(24)32-30(34-29)40-20-22-8-6-12-35(22)2/h3-5,7,9,19,22H,1,6,8,10-18,20H2,2H3,(H2,31,33). The Hall–Kier alpha value is -3.92. The van der Waals surface area contributed by atoms with E-state index >= 15 is 0 Å². The van der Waals surface area contributed by atoms with Crippen LogP contribution in [0.3, 0.4) is 0 Å². The molecule has 1 aromatic carbocycles. The van der Waals surface area contributed by atoms with Crippen LogP contribution < -0.4 is 20.3 Å². The highest BCUT2D eigenvalue weighted by Gasteiger charge is 2.29. The van der Waals surface area contributed by atoms with Crippen LogP contribution in [0.25, 0.3) is 10.8 Å². The summed E-state index contributed by atoms with van der Waals surface area (Å²) >= 11 is 0. The Morgan fingerprint density at radius 1 is 1.02 bits per heavy atom. The predicted octanol–water partition coefficient (Wildman–Crippen LogP) is 2.52. The second-order valence-electron chi connectivity index (χ2n) is 10.9. The van der Waals surface area contributed by atoms with E-state index in [-0.39, 0.29) is 5.91 Å². The van der Waals surface area contributed by atoms with Gasteiger partial charge in [0.25, 0.3) is 0 Å². The zero-order valence-electron chi connectivity index (χ0n) is 23.3. The summed E-state index contributed by atoms with van der Waals surface area (Å²) in [7, 11) is 2.15. The first kappa shape index (κ1) is 26.3. The van der Waals surface area contributed by atoms with Crippen LogP contribution in [0.2, 0.25) is 0 Å². The molecule has 2 saturated heterocycles. The fraction of sp³-hybridized carbons (Fsp3) is 0.467. The zero-order valence-corrected chi connectivity index (χ0v) is 23.3. The largest absolute Gasteiger partial charge is 0.462 e. The lowest BCUT2D eigenvalue weighted by atomic mass is 10.1. The van der Waals surface area contributed by atoms with Gasteiger partial charge in [-0.25, -0.2) is 4.98 Å². The zero-order chi connectivity index (χ0) is 27.6. The number of anilines is 3. The van der Waals surface area contributed by atoms with E-state index in [9.17, 15) is 4.79 Å². The number of ether oxygens (including phenoxy) is 1. The van der Waals surface area contributed by atoms with E-state index in [0.717, 1.165) is 72.6 Å². The summed E-state index contributed by atoms with van der Waals surface area (Å²) in [5, 5.41) is 2.19. The number of fused-ring (bicyclic) bond motifs is 2. The number of likely N-dealkylation sites (tertiary alicyclic amines) is 1. The molecule has 210 valence electrons. The predicted molar refractivity (Wildman–Crippen MR) is 158 cm³/mol. The third-order valence-corrected chi connectivity index (χ3v) is 8.48. The second kappa shape index (κ2) is 11.3. The molecule has 1 amide bonds. The van der Waals surface area contributed by atoms with Crippen molar-refractivity contribution in [3.05, 3.63) is 54.2 Å². The van der Waals surface area contributed by atoms with Crippen molar-refractivity contribution in [2.24, 2.45) is 0 Å². The molecule has 40 heavy (non-hydrogen) atoms. The first-order valence-electron chi connectivity index (χ1n) is 14.3. The Kier molecular flexibility index (Phi) is 7.42. The van der Waals surface area contributed by atoms with Gasteiger partial charge in [-0.05, 0) is 50.4 Å². The first-order chi connectivity index (χ1) is 19.5. The lowest BCUT2D eigenvalue weighted by Crippen LogP contribution is -2.49. The van der Waals surface area contributed by atoms with Gasteiger partial charge in [-0.2, -0.15) is 9.97 Å². The minimum Gasteiger partial charge on any atom is -0.462 e. The summed E-state index contributed by atoms with van der Waals surface area (Å²) in [5.74, 6) is 2.34. The molecule has 10 heteroatoms. The van der Waals surface area contributed by atoms with Crippen molar-refractivity contribution in [3.8, 4) is 6.01 Å². The average Bonchev–Trinajstić information content (AvgIpc) is 3.27. The maximum absolute atomic E-state index is 12.2. The molecule has 2 N–H and O–H groups in total. The molecule has 3 aliphatic rings. The monoisotopic (exact) mass is 542 g/mol. The van der Waals surface area contributed by atoms with Crippen LogP contribution >= 0.6 is 0 Å². The van der Waals surface area contributed by atoms with E-state index in [1.807, 2.05) is 23.1 Å². The molecule has 1 atom stereocenters. The van der Waals surface area contributed by atoms with E-state index in [2.05, 4.69) is 40.5 Å². The first-order valence-corrected chi connectivity index (χ1v) is 14.3. The quantitative estimate of drug-likeness (QED) is 0.471. The lowest BCUT2D eigenvalue weighted by Gasteiger charge is -2.36. The summed E-state index contributed by atoms with van der Waals surface area (Å²) in [4.78, 5) is 35.7. The SMILES string of the molecule is C=CC(=O)N1CCN(c2nc(OCC3CCCN3C)nc3c2CCN(c2nc(N)cc4ccccc24)CC3)CC1. The van der Waals surface area contributed by atoms with E-state index in [1.54, 1.807) is 0 Å². The third-order valence-electron chi connectivity index (χ3n) is 8.48. The number of piperazine rings is 1. The lowest BCUT2D eigenvalue weighted by molar-refractivity contribution is -0.126. The molecule has 6 rings (SSSR count). The fourth-order valence-corrected chi connectivity index (χ4v) is 6.17. The summed E-state index contributed by atoms with van der Waals surface area (Å²) in [6.07, 6.45) is 5.25. The summed E-state index contributed by atoms with van der Waals surface area (Å²) in [5.41, 5.74) is 8.40. The number of amides is 1. The van der Waals surface area contributed by atoms with Crippen LogP contribution in [0.15, 0.2) is 43.0 Å². The van der Waals surface area contributed by atoms with E-state index in [1.165, 1.54) is 12.5 Å². The smallest absolute Gasteiger partial charge is 0.318 e. The Labute approximate surface area is 235 Å². The number of carbonyl (C=O) groups excluding carboxylic acids is 1.